The maximum Gasteiger partial charge on any atom is 0.223 e. The van der Waals surface area contributed by atoms with Gasteiger partial charge in [0.25, 0.3) is 0 Å². The molecule has 1 heterocycles. The van der Waals surface area contributed by atoms with Gasteiger partial charge in [-0.05, 0) is 43.2 Å². The zero-order valence-corrected chi connectivity index (χ0v) is 14.4. The standard InChI is InChI=1S/C20H22N4O/c1-23(16-5-3-2-4-6-16)17-9-10-18-19(13-17)24(14-22-18)12-11-21-20(25)15-7-8-15/h2-6,9-10,13-15H,7-8,11-12H2,1H3,(H,21,25). The van der Waals surface area contributed by atoms with Crippen molar-refractivity contribution in [2.75, 3.05) is 18.5 Å². The second-order valence-corrected chi connectivity index (χ2v) is 6.57. The number of nitrogens with zero attached hydrogens (tertiary/aromatic N) is 3. The van der Waals surface area contributed by atoms with Crippen molar-refractivity contribution in [1.29, 1.82) is 0 Å². The Morgan fingerprint density at radius 1 is 1.20 bits per heavy atom. The van der Waals surface area contributed by atoms with Crippen molar-refractivity contribution in [3.63, 3.8) is 0 Å². The van der Waals surface area contributed by atoms with E-state index in [1.54, 1.807) is 0 Å². The molecule has 0 aliphatic heterocycles. The van der Waals surface area contributed by atoms with Crippen molar-refractivity contribution >= 4 is 28.3 Å². The summed E-state index contributed by atoms with van der Waals surface area (Å²) in [6.45, 7) is 1.37. The molecule has 2 aromatic carbocycles. The summed E-state index contributed by atoms with van der Waals surface area (Å²) >= 11 is 0. The topological polar surface area (TPSA) is 50.2 Å². The Labute approximate surface area is 147 Å². The van der Waals surface area contributed by atoms with Gasteiger partial charge in [0.15, 0.2) is 0 Å². The quantitative estimate of drug-likeness (QED) is 0.752. The van der Waals surface area contributed by atoms with Crippen LogP contribution in [0.5, 0.6) is 0 Å². The van der Waals surface area contributed by atoms with Gasteiger partial charge >= 0.3 is 0 Å². The van der Waals surface area contributed by atoms with Crippen LogP contribution in [0.1, 0.15) is 12.8 Å². The summed E-state index contributed by atoms with van der Waals surface area (Å²) < 4.78 is 2.10. The van der Waals surface area contributed by atoms with E-state index in [0.717, 1.165) is 41.8 Å². The minimum absolute atomic E-state index is 0.189. The van der Waals surface area contributed by atoms with Gasteiger partial charge in [0.05, 0.1) is 17.4 Å². The van der Waals surface area contributed by atoms with Gasteiger partial charge in [0.2, 0.25) is 5.91 Å². The lowest BCUT2D eigenvalue weighted by Crippen LogP contribution is -2.28. The van der Waals surface area contributed by atoms with Gasteiger partial charge < -0.3 is 14.8 Å². The lowest BCUT2D eigenvalue weighted by Gasteiger charge is -2.19. The van der Waals surface area contributed by atoms with Crippen LogP contribution in [-0.2, 0) is 11.3 Å². The number of fused-ring (bicyclic) bond motifs is 1. The summed E-state index contributed by atoms with van der Waals surface area (Å²) in [6.07, 6.45) is 3.92. The first kappa shape index (κ1) is 15.7. The summed E-state index contributed by atoms with van der Waals surface area (Å²) in [4.78, 5) is 18.4. The molecule has 0 spiro atoms. The molecule has 25 heavy (non-hydrogen) atoms. The van der Waals surface area contributed by atoms with Gasteiger partial charge in [-0.15, -0.1) is 0 Å². The van der Waals surface area contributed by atoms with Crippen LogP contribution in [0.15, 0.2) is 54.9 Å². The van der Waals surface area contributed by atoms with E-state index < -0.39 is 0 Å². The first-order valence-corrected chi connectivity index (χ1v) is 8.74. The average Bonchev–Trinajstić information content (AvgIpc) is 3.43. The number of nitrogens with one attached hydrogen (secondary N) is 1. The number of amides is 1. The van der Waals surface area contributed by atoms with E-state index in [-0.39, 0.29) is 11.8 Å². The van der Waals surface area contributed by atoms with Crippen LogP contribution in [-0.4, -0.2) is 29.1 Å². The summed E-state index contributed by atoms with van der Waals surface area (Å²) in [5.74, 6) is 0.444. The van der Waals surface area contributed by atoms with E-state index in [1.807, 2.05) is 30.6 Å². The minimum atomic E-state index is 0.189. The second kappa shape index (κ2) is 6.59. The maximum atomic E-state index is 11.8. The monoisotopic (exact) mass is 334 g/mol. The number of anilines is 2. The highest BCUT2D eigenvalue weighted by atomic mass is 16.2. The SMILES string of the molecule is CN(c1ccccc1)c1ccc2ncn(CCNC(=O)C3CC3)c2c1. The molecular weight excluding hydrogens is 312 g/mol. The number of carbonyl (C=O) groups excluding carboxylic acids is 1. The molecule has 5 nitrogen and oxygen atoms in total. The molecule has 0 radical (unpaired) electrons. The van der Waals surface area contributed by atoms with E-state index in [9.17, 15) is 4.79 Å². The van der Waals surface area contributed by atoms with Crippen molar-refractivity contribution in [2.45, 2.75) is 19.4 Å². The Bertz CT molecular complexity index is 883. The number of rotatable bonds is 6. The predicted molar refractivity (Wildman–Crippen MR) is 100.0 cm³/mol. The van der Waals surface area contributed by atoms with Crippen LogP contribution in [0.25, 0.3) is 11.0 Å². The Hall–Kier alpha value is -2.82. The number of hydrogen-bond acceptors (Lipinski definition) is 3. The van der Waals surface area contributed by atoms with Crippen LogP contribution in [0.2, 0.25) is 0 Å². The first-order chi connectivity index (χ1) is 12.2. The molecule has 0 saturated heterocycles. The number of carbonyl (C=O) groups is 1. The summed E-state index contributed by atoms with van der Waals surface area (Å²) in [7, 11) is 2.06. The highest BCUT2D eigenvalue weighted by Crippen LogP contribution is 2.29. The molecule has 1 saturated carbocycles. The number of imidazole rings is 1. The van der Waals surface area contributed by atoms with Crippen LogP contribution in [0.3, 0.4) is 0 Å². The number of para-hydroxylation sites is 1. The first-order valence-electron chi connectivity index (χ1n) is 8.74. The number of hydrogen-bond donors (Lipinski definition) is 1. The molecule has 1 aromatic heterocycles. The van der Waals surface area contributed by atoms with Gasteiger partial charge in [-0.3, -0.25) is 4.79 Å². The molecule has 4 rings (SSSR count). The highest BCUT2D eigenvalue weighted by molar-refractivity contribution is 5.82. The zero-order chi connectivity index (χ0) is 17.2. The molecule has 5 heteroatoms. The van der Waals surface area contributed by atoms with Crippen LogP contribution in [0.4, 0.5) is 11.4 Å². The molecule has 1 aliphatic rings. The fraction of sp³-hybridized carbons (Fsp3) is 0.300. The second-order valence-electron chi connectivity index (χ2n) is 6.57. The molecular formula is C20H22N4O. The summed E-state index contributed by atoms with van der Waals surface area (Å²) in [6, 6.07) is 16.6. The van der Waals surface area contributed by atoms with Crippen molar-refractivity contribution in [3.05, 3.63) is 54.9 Å². The Balaban J connectivity index is 1.52. The van der Waals surface area contributed by atoms with Gasteiger partial charge in [0.1, 0.15) is 0 Å². The van der Waals surface area contributed by atoms with Crippen molar-refractivity contribution in [3.8, 4) is 0 Å². The van der Waals surface area contributed by atoms with Gasteiger partial charge in [-0.1, -0.05) is 18.2 Å². The zero-order valence-electron chi connectivity index (χ0n) is 14.4. The van der Waals surface area contributed by atoms with Gasteiger partial charge in [-0.2, -0.15) is 0 Å². The molecule has 0 bridgehead atoms. The van der Waals surface area contributed by atoms with Crippen molar-refractivity contribution in [1.82, 2.24) is 14.9 Å². The van der Waals surface area contributed by atoms with Gasteiger partial charge in [0, 0.05) is 37.4 Å². The van der Waals surface area contributed by atoms with E-state index >= 15 is 0 Å². The van der Waals surface area contributed by atoms with Crippen molar-refractivity contribution in [2.24, 2.45) is 5.92 Å². The highest BCUT2D eigenvalue weighted by Gasteiger charge is 2.29. The van der Waals surface area contributed by atoms with Gasteiger partial charge in [-0.25, -0.2) is 4.98 Å². The molecule has 1 N–H and O–H groups in total. The Kier molecular flexibility index (Phi) is 4.14. The largest absolute Gasteiger partial charge is 0.354 e. The normalized spacial score (nSPS) is 13.8. The molecule has 1 aliphatic carbocycles. The average molecular weight is 334 g/mol. The molecule has 1 fully saturated rings. The minimum Gasteiger partial charge on any atom is -0.354 e. The van der Waals surface area contributed by atoms with E-state index in [4.69, 9.17) is 0 Å². The molecule has 3 aromatic rings. The maximum absolute atomic E-state index is 11.8. The third kappa shape index (κ3) is 3.36. The lowest BCUT2D eigenvalue weighted by molar-refractivity contribution is -0.122. The van der Waals surface area contributed by atoms with Crippen molar-refractivity contribution < 1.29 is 4.79 Å². The number of aromatic nitrogens is 2. The van der Waals surface area contributed by atoms with E-state index in [2.05, 4.69) is 51.1 Å². The molecule has 1 amide bonds. The van der Waals surface area contributed by atoms with E-state index in [0.29, 0.717) is 6.54 Å². The lowest BCUT2D eigenvalue weighted by atomic mass is 10.2. The Morgan fingerprint density at radius 3 is 2.76 bits per heavy atom. The summed E-state index contributed by atoms with van der Waals surface area (Å²) in [5, 5.41) is 3.01. The predicted octanol–water partition coefficient (Wildman–Crippen LogP) is 3.33. The third-order valence-corrected chi connectivity index (χ3v) is 4.74. The summed E-state index contributed by atoms with van der Waals surface area (Å²) in [5.41, 5.74) is 4.31. The Morgan fingerprint density at radius 2 is 2.00 bits per heavy atom. The van der Waals surface area contributed by atoms with Crippen LogP contribution in [0, 0.1) is 5.92 Å². The van der Waals surface area contributed by atoms with E-state index in [1.165, 1.54) is 0 Å². The molecule has 128 valence electrons. The third-order valence-electron chi connectivity index (χ3n) is 4.74. The molecule has 0 unspecified atom stereocenters. The smallest absolute Gasteiger partial charge is 0.223 e. The van der Waals surface area contributed by atoms with Crippen LogP contribution >= 0.6 is 0 Å². The fourth-order valence-electron chi connectivity index (χ4n) is 3.02. The molecule has 0 atom stereocenters. The fourth-order valence-corrected chi connectivity index (χ4v) is 3.02. The number of benzene rings is 2. The van der Waals surface area contributed by atoms with Crippen LogP contribution < -0.4 is 10.2 Å².